The summed E-state index contributed by atoms with van der Waals surface area (Å²) in [7, 11) is 0. The Bertz CT molecular complexity index is 671. The van der Waals surface area contributed by atoms with Gasteiger partial charge in [0.25, 0.3) is 0 Å². The summed E-state index contributed by atoms with van der Waals surface area (Å²) in [6.07, 6.45) is 5.03. The number of benzene rings is 1. The summed E-state index contributed by atoms with van der Waals surface area (Å²) in [5.41, 5.74) is 2.35. The topological polar surface area (TPSA) is 56.4 Å². The first kappa shape index (κ1) is 15.7. The number of hydrogen-bond acceptors (Lipinski definition) is 4. The van der Waals surface area contributed by atoms with Crippen LogP contribution >= 0.6 is 23.4 Å². The summed E-state index contributed by atoms with van der Waals surface area (Å²) < 4.78 is 0. The molecule has 5 heteroatoms. The standard InChI is InChI=1S/C16H15ClN2OS/c1-11-7-14(20)3-2-4-16(19-11)21-10-13-6-5-12(9-18)8-15(13)17/h3,5-8,20H,2,4,10H2,1H3/b11-7-,14-3+,19-16+. The van der Waals surface area contributed by atoms with Gasteiger partial charge in [0.05, 0.1) is 16.7 Å². The van der Waals surface area contributed by atoms with Crippen molar-refractivity contribution in [1.29, 1.82) is 5.26 Å². The van der Waals surface area contributed by atoms with Gasteiger partial charge >= 0.3 is 0 Å². The van der Waals surface area contributed by atoms with E-state index in [1.807, 2.05) is 13.0 Å². The van der Waals surface area contributed by atoms with Crippen molar-refractivity contribution in [3.05, 3.63) is 58.0 Å². The molecule has 0 unspecified atom stereocenters. The molecule has 1 aromatic rings. The summed E-state index contributed by atoms with van der Waals surface area (Å²) in [6, 6.07) is 7.41. The third-order valence-corrected chi connectivity index (χ3v) is 4.38. The Morgan fingerprint density at radius 2 is 2.29 bits per heavy atom. The van der Waals surface area contributed by atoms with Crippen LogP contribution in [0.4, 0.5) is 0 Å². The summed E-state index contributed by atoms with van der Waals surface area (Å²) in [6.45, 7) is 1.87. The normalized spacial score (nSPS) is 22.6. The molecular weight excluding hydrogens is 304 g/mol. The van der Waals surface area contributed by atoms with Gasteiger partial charge in [-0.05, 0) is 43.5 Å². The molecule has 0 saturated carbocycles. The molecule has 108 valence electrons. The molecule has 1 N–H and O–H groups in total. The maximum atomic E-state index is 9.53. The highest BCUT2D eigenvalue weighted by Gasteiger charge is 2.07. The van der Waals surface area contributed by atoms with Crippen LogP contribution in [0, 0.1) is 11.3 Å². The summed E-state index contributed by atoms with van der Waals surface area (Å²) >= 11 is 7.81. The number of nitrogens with zero attached hydrogens (tertiary/aromatic N) is 2. The number of thioether (sulfide) groups is 1. The van der Waals surface area contributed by atoms with Gasteiger partial charge in [0, 0.05) is 22.5 Å². The van der Waals surface area contributed by atoms with Gasteiger partial charge in [-0.1, -0.05) is 17.7 Å². The number of hydrogen-bond donors (Lipinski definition) is 1. The van der Waals surface area contributed by atoms with Crippen molar-refractivity contribution in [3.8, 4) is 6.07 Å². The molecule has 21 heavy (non-hydrogen) atoms. The number of rotatable bonds is 2. The third-order valence-electron chi connectivity index (χ3n) is 2.95. The van der Waals surface area contributed by atoms with E-state index in [0.717, 1.165) is 29.1 Å². The van der Waals surface area contributed by atoms with Crippen molar-refractivity contribution >= 4 is 28.4 Å². The van der Waals surface area contributed by atoms with Gasteiger partial charge in [-0.3, -0.25) is 4.99 Å². The molecule has 1 aliphatic heterocycles. The van der Waals surface area contributed by atoms with E-state index in [0.29, 0.717) is 16.3 Å². The molecule has 0 atom stereocenters. The summed E-state index contributed by atoms with van der Waals surface area (Å²) in [4.78, 5) is 4.51. The van der Waals surface area contributed by atoms with E-state index in [4.69, 9.17) is 16.9 Å². The van der Waals surface area contributed by atoms with Crippen LogP contribution < -0.4 is 0 Å². The molecule has 0 bridgehead atoms. The summed E-state index contributed by atoms with van der Waals surface area (Å²) in [5.74, 6) is 0.988. The maximum Gasteiger partial charge on any atom is 0.113 e. The highest BCUT2D eigenvalue weighted by molar-refractivity contribution is 8.13. The lowest BCUT2D eigenvalue weighted by atomic mass is 10.2. The summed E-state index contributed by atoms with van der Waals surface area (Å²) in [5, 5.41) is 20.0. The Hall–Kier alpha value is -1.70. The fraction of sp³-hybridized carbons (Fsp3) is 0.250. The predicted octanol–water partition coefficient (Wildman–Crippen LogP) is 4.98. The number of nitriles is 1. The Kier molecular flexibility index (Phi) is 5.49. The van der Waals surface area contributed by atoms with Crippen LogP contribution in [0.1, 0.15) is 30.9 Å². The van der Waals surface area contributed by atoms with Crippen LogP contribution in [0.25, 0.3) is 0 Å². The number of allylic oxidation sites excluding steroid dienone is 3. The SMILES string of the molecule is CC1=C/C(O)=C\CC/C(SCc2ccc(C#N)cc2Cl)=N\1. The molecule has 1 heterocycles. The van der Waals surface area contributed by atoms with Gasteiger partial charge in [-0.2, -0.15) is 5.26 Å². The lowest BCUT2D eigenvalue weighted by Crippen LogP contribution is -1.97. The third kappa shape index (κ3) is 4.66. The van der Waals surface area contributed by atoms with Crippen molar-refractivity contribution in [3.63, 3.8) is 0 Å². The number of halogens is 1. The fourth-order valence-electron chi connectivity index (χ4n) is 1.90. The van der Waals surface area contributed by atoms with E-state index in [9.17, 15) is 5.11 Å². The van der Waals surface area contributed by atoms with Crippen LogP contribution in [0.5, 0.6) is 0 Å². The minimum absolute atomic E-state index is 0.274. The van der Waals surface area contributed by atoms with Crippen molar-refractivity contribution < 1.29 is 5.11 Å². The minimum Gasteiger partial charge on any atom is -0.508 e. The van der Waals surface area contributed by atoms with E-state index in [-0.39, 0.29) is 5.76 Å². The molecular formula is C16H15ClN2OS. The van der Waals surface area contributed by atoms with Crippen LogP contribution in [-0.2, 0) is 5.75 Å². The van der Waals surface area contributed by atoms with Crippen molar-refractivity contribution in [1.82, 2.24) is 0 Å². The molecule has 0 saturated heterocycles. The number of aliphatic hydroxyl groups excluding tert-OH is 1. The molecule has 0 aliphatic carbocycles. The zero-order valence-corrected chi connectivity index (χ0v) is 13.2. The quantitative estimate of drug-likeness (QED) is 0.836. The van der Waals surface area contributed by atoms with E-state index in [1.54, 1.807) is 36.0 Å². The molecule has 3 nitrogen and oxygen atoms in total. The van der Waals surface area contributed by atoms with Crippen LogP contribution in [-0.4, -0.2) is 10.2 Å². The van der Waals surface area contributed by atoms with Gasteiger partial charge in [0.1, 0.15) is 5.76 Å². The van der Waals surface area contributed by atoms with Crippen LogP contribution in [0.15, 0.2) is 46.8 Å². The molecule has 0 aromatic heterocycles. The van der Waals surface area contributed by atoms with Crippen LogP contribution in [0.2, 0.25) is 5.02 Å². The second-order valence-corrected chi connectivity index (χ2v) is 6.12. The zero-order chi connectivity index (χ0) is 15.2. The Morgan fingerprint density at radius 1 is 1.48 bits per heavy atom. The van der Waals surface area contributed by atoms with Gasteiger partial charge in [0.2, 0.25) is 0 Å². The lowest BCUT2D eigenvalue weighted by Gasteiger charge is -2.09. The van der Waals surface area contributed by atoms with Crippen molar-refractivity contribution in [2.75, 3.05) is 0 Å². The average Bonchev–Trinajstić information content (AvgIpc) is 2.43. The van der Waals surface area contributed by atoms with E-state index < -0.39 is 0 Å². The first-order chi connectivity index (χ1) is 10.1. The molecule has 0 spiro atoms. The Labute approximate surface area is 133 Å². The van der Waals surface area contributed by atoms with Crippen molar-refractivity contribution in [2.24, 2.45) is 4.99 Å². The molecule has 1 aromatic carbocycles. The maximum absolute atomic E-state index is 9.53. The number of aliphatic hydroxyl groups is 1. The van der Waals surface area contributed by atoms with E-state index >= 15 is 0 Å². The molecule has 0 radical (unpaired) electrons. The molecule has 2 rings (SSSR count). The Morgan fingerprint density at radius 3 is 3.00 bits per heavy atom. The zero-order valence-electron chi connectivity index (χ0n) is 11.6. The van der Waals surface area contributed by atoms with Crippen LogP contribution in [0.3, 0.4) is 0 Å². The average molecular weight is 319 g/mol. The smallest absolute Gasteiger partial charge is 0.113 e. The largest absolute Gasteiger partial charge is 0.508 e. The van der Waals surface area contributed by atoms with Gasteiger partial charge in [-0.15, -0.1) is 11.8 Å². The second-order valence-electron chi connectivity index (χ2n) is 4.67. The highest BCUT2D eigenvalue weighted by atomic mass is 35.5. The first-order valence-corrected chi connectivity index (χ1v) is 7.91. The monoisotopic (exact) mass is 318 g/mol. The second kappa shape index (κ2) is 7.35. The minimum atomic E-state index is 0.274. The lowest BCUT2D eigenvalue weighted by molar-refractivity contribution is 0.428. The first-order valence-electron chi connectivity index (χ1n) is 6.55. The van der Waals surface area contributed by atoms with Crippen molar-refractivity contribution in [2.45, 2.75) is 25.5 Å². The predicted molar refractivity (Wildman–Crippen MR) is 88.6 cm³/mol. The highest BCUT2D eigenvalue weighted by Crippen LogP contribution is 2.25. The van der Waals surface area contributed by atoms with Gasteiger partial charge < -0.3 is 5.11 Å². The van der Waals surface area contributed by atoms with Gasteiger partial charge in [0.15, 0.2) is 0 Å². The van der Waals surface area contributed by atoms with E-state index in [1.165, 1.54) is 0 Å². The molecule has 0 fully saturated rings. The number of aliphatic imine (C=N–C) groups is 1. The molecule has 1 aliphatic rings. The fourth-order valence-corrected chi connectivity index (χ4v) is 3.27. The van der Waals surface area contributed by atoms with E-state index in [2.05, 4.69) is 11.1 Å². The Balaban J connectivity index is 2.06. The van der Waals surface area contributed by atoms with Gasteiger partial charge in [-0.25, -0.2) is 0 Å². The molecule has 0 amide bonds.